The Balaban J connectivity index is 3.15. The van der Waals surface area contributed by atoms with Crippen molar-refractivity contribution in [2.45, 2.75) is 27.2 Å². The molecule has 1 heteroatoms. The fourth-order valence-electron chi connectivity index (χ4n) is 1.87. The van der Waals surface area contributed by atoms with Crippen molar-refractivity contribution in [1.82, 2.24) is 0 Å². The number of nitrogens with zero attached hydrogens (tertiary/aromatic N) is 1. The summed E-state index contributed by atoms with van der Waals surface area (Å²) in [5.41, 5.74) is 3.98. The maximum atomic E-state index is 3.82. The minimum absolute atomic E-state index is 1.06. The lowest BCUT2D eigenvalue weighted by Crippen LogP contribution is -2.23. The summed E-state index contributed by atoms with van der Waals surface area (Å²) < 4.78 is 0. The average molecular weight is 203 g/mol. The number of hydrogen-bond donors (Lipinski definition) is 0. The molecule has 0 saturated heterocycles. The Kier molecular flexibility index (Phi) is 4.41. The van der Waals surface area contributed by atoms with E-state index in [2.05, 4.69) is 50.4 Å². The lowest BCUT2D eigenvalue weighted by Gasteiger charge is -2.24. The van der Waals surface area contributed by atoms with E-state index < -0.39 is 0 Å². The lowest BCUT2D eigenvalue weighted by molar-refractivity contribution is 0.856. The molecule has 0 aliphatic heterocycles. The first kappa shape index (κ1) is 11.8. The monoisotopic (exact) mass is 203 g/mol. The molecule has 0 unspecified atom stereocenters. The predicted octanol–water partition coefficient (Wildman–Crippen LogP) is 3.74. The zero-order valence-electron chi connectivity index (χ0n) is 10.1. The van der Waals surface area contributed by atoms with Crippen LogP contribution in [0.5, 0.6) is 0 Å². The van der Waals surface area contributed by atoms with Gasteiger partial charge in [-0.1, -0.05) is 31.7 Å². The van der Waals surface area contributed by atoms with Gasteiger partial charge in [0.2, 0.25) is 0 Å². The van der Waals surface area contributed by atoms with Gasteiger partial charge in [0, 0.05) is 18.8 Å². The first-order chi connectivity index (χ1) is 7.26. The van der Waals surface area contributed by atoms with E-state index in [1.165, 1.54) is 16.8 Å². The molecule has 0 aliphatic rings. The highest BCUT2D eigenvalue weighted by Crippen LogP contribution is 2.23. The molecule has 1 nitrogen and oxygen atoms in total. The molecule has 0 spiro atoms. The second-order valence-corrected chi connectivity index (χ2v) is 3.62. The molecule has 1 rings (SSSR count). The van der Waals surface area contributed by atoms with Crippen LogP contribution in [0.2, 0.25) is 0 Å². The molecule has 15 heavy (non-hydrogen) atoms. The molecular weight excluding hydrogens is 182 g/mol. The van der Waals surface area contributed by atoms with Gasteiger partial charge in [0.05, 0.1) is 0 Å². The highest BCUT2D eigenvalue weighted by atomic mass is 15.1. The van der Waals surface area contributed by atoms with Crippen LogP contribution in [0.15, 0.2) is 24.8 Å². The molecule has 0 aromatic heterocycles. The van der Waals surface area contributed by atoms with Crippen molar-refractivity contribution in [1.29, 1.82) is 0 Å². The third-order valence-corrected chi connectivity index (χ3v) is 2.83. The summed E-state index contributed by atoms with van der Waals surface area (Å²) in [5, 5.41) is 0. The molecule has 0 bridgehead atoms. The van der Waals surface area contributed by atoms with Crippen LogP contribution in [0, 0.1) is 0 Å². The molecule has 0 N–H and O–H groups in total. The second kappa shape index (κ2) is 5.59. The highest BCUT2D eigenvalue weighted by molar-refractivity contribution is 5.61. The zero-order valence-corrected chi connectivity index (χ0v) is 10.1. The van der Waals surface area contributed by atoms with Crippen LogP contribution < -0.4 is 4.90 Å². The largest absolute Gasteiger partial charge is 0.372 e. The molecule has 0 radical (unpaired) electrons. The van der Waals surface area contributed by atoms with E-state index in [4.69, 9.17) is 0 Å². The summed E-state index contributed by atoms with van der Waals surface area (Å²) in [5.74, 6) is 0. The molecule has 1 aromatic rings. The van der Waals surface area contributed by atoms with Gasteiger partial charge >= 0.3 is 0 Å². The van der Waals surface area contributed by atoms with Crippen molar-refractivity contribution < 1.29 is 0 Å². The fraction of sp³-hybridized carbons (Fsp3) is 0.429. The number of aryl methyl sites for hydroxylation is 1. The Morgan fingerprint density at radius 3 is 2.33 bits per heavy atom. The third-order valence-electron chi connectivity index (χ3n) is 2.83. The van der Waals surface area contributed by atoms with E-state index in [0.29, 0.717) is 0 Å². The Hall–Kier alpha value is -1.24. The van der Waals surface area contributed by atoms with Crippen LogP contribution in [-0.4, -0.2) is 13.1 Å². The van der Waals surface area contributed by atoms with Gasteiger partial charge in [0.15, 0.2) is 0 Å². The van der Waals surface area contributed by atoms with Gasteiger partial charge in [-0.15, -0.1) is 0 Å². The molecule has 0 fully saturated rings. The van der Waals surface area contributed by atoms with Crippen LogP contribution >= 0.6 is 0 Å². The summed E-state index contributed by atoms with van der Waals surface area (Å²) in [6, 6.07) is 6.59. The lowest BCUT2D eigenvalue weighted by atomic mass is 10.1. The predicted molar refractivity (Wildman–Crippen MR) is 69.5 cm³/mol. The van der Waals surface area contributed by atoms with Crippen molar-refractivity contribution >= 4 is 11.8 Å². The summed E-state index contributed by atoms with van der Waals surface area (Å²) in [4.78, 5) is 2.39. The Bertz CT molecular complexity index is 324. The highest BCUT2D eigenvalue weighted by Gasteiger charge is 2.07. The number of rotatable bonds is 5. The normalized spacial score (nSPS) is 10.1. The van der Waals surface area contributed by atoms with Gasteiger partial charge in [0.1, 0.15) is 0 Å². The number of benzene rings is 1. The first-order valence-electron chi connectivity index (χ1n) is 5.77. The molecule has 0 heterocycles. The van der Waals surface area contributed by atoms with E-state index in [1.807, 2.05) is 6.08 Å². The van der Waals surface area contributed by atoms with E-state index in [1.54, 1.807) is 0 Å². The quantitative estimate of drug-likeness (QED) is 0.704. The molecule has 0 amide bonds. The van der Waals surface area contributed by atoms with E-state index in [0.717, 1.165) is 19.5 Å². The molecule has 0 aliphatic carbocycles. The van der Waals surface area contributed by atoms with Gasteiger partial charge in [-0.3, -0.25) is 0 Å². The number of anilines is 1. The number of hydrogen-bond acceptors (Lipinski definition) is 1. The van der Waals surface area contributed by atoms with Crippen molar-refractivity contribution in [3.05, 3.63) is 35.9 Å². The molecule has 0 atom stereocenters. The third kappa shape index (κ3) is 2.62. The topological polar surface area (TPSA) is 3.24 Å². The van der Waals surface area contributed by atoms with Gasteiger partial charge in [-0.05, 0) is 37.5 Å². The van der Waals surface area contributed by atoms with Gasteiger partial charge in [0.25, 0.3) is 0 Å². The molecule has 82 valence electrons. The summed E-state index contributed by atoms with van der Waals surface area (Å²) >= 11 is 0. The van der Waals surface area contributed by atoms with Crippen LogP contribution in [0.3, 0.4) is 0 Å². The Morgan fingerprint density at radius 2 is 1.87 bits per heavy atom. The zero-order chi connectivity index (χ0) is 11.3. The van der Waals surface area contributed by atoms with Crippen molar-refractivity contribution in [3.63, 3.8) is 0 Å². The fourth-order valence-corrected chi connectivity index (χ4v) is 1.87. The van der Waals surface area contributed by atoms with Crippen LogP contribution in [0.25, 0.3) is 6.08 Å². The SMILES string of the molecule is C=Cc1ccc(CC)c(N(CC)CC)c1. The van der Waals surface area contributed by atoms with Gasteiger partial charge in [-0.25, -0.2) is 0 Å². The van der Waals surface area contributed by atoms with Crippen LogP contribution in [0.1, 0.15) is 31.9 Å². The minimum atomic E-state index is 1.06. The maximum absolute atomic E-state index is 3.82. The smallest absolute Gasteiger partial charge is 0.0404 e. The first-order valence-corrected chi connectivity index (χ1v) is 5.77. The minimum Gasteiger partial charge on any atom is -0.372 e. The van der Waals surface area contributed by atoms with Crippen LogP contribution in [0.4, 0.5) is 5.69 Å². The van der Waals surface area contributed by atoms with Crippen molar-refractivity contribution in [2.75, 3.05) is 18.0 Å². The summed E-state index contributed by atoms with van der Waals surface area (Å²) in [6.07, 6.45) is 3.00. The summed E-state index contributed by atoms with van der Waals surface area (Å²) in [6.45, 7) is 12.5. The van der Waals surface area contributed by atoms with Crippen LogP contribution in [-0.2, 0) is 6.42 Å². The molecular formula is C14H21N. The Morgan fingerprint density at radius 1 is 1.20 bits per heavy atom. The van der Waals surface area contributed by atoms with Crippen molar-refractivity contribution in [2.24, 2.45) is 0 Å². The standard InChI is InChI=1S/C14H21N/c1-5-12-9-10-13(6-2)14(11-12)15(7-3)8-4/h5,9-11H,1,6-8H2,2-4H3. The molecule has 0 saturated carbocycles. The van der Waals surface area contributed by atoms with Crippen molar-refractivity contribution in [3.8, 4) is 0 Å². The average Bonchev–Trinajstić information content (AvgIpc) is 2.30. The van der Waals surface area contributed by atoms with E-state index in [9.17, 15) is 0 Å². The Labute approximate surface area is 93.4 Å². The second-order valence-electron chi connectivity index (χ2n) is 3.62. The van der Waals surface area contributed by atoms with E-state index in [-0.39, 0.29) is 0 Å². The van der Waals surface area contributed by atoms with E-state index >= 15 is 0 Å². The maximum Gasteiger partial charge on any atom is 0.0404 e. The van der Waals surface area contributed by atoms with Gasteiger partial charge in [-0.2, -0.15) is 0 Å². The van der Waals surface area contributed by atoms with Gasteiger partial charge < -0.3 is 4.90 Å². The molecule has 1 aromatic carbocycles. The summed E-state index contributed by atoms with van der Waals surface area (Å²) in [7, 11) is 0.